The van der Waals surface area contributed by atoms with E-state index in [1.807, 2.05) is 12.1 Å². The van der Waals surface area contributed by atoms with Gasteiger partial charge in [0.1, 0.15) is 22.8 Å². The van der Waals surface area contributed by atoms with Gasteiger partial charge in [0.25, 0.3) is 5.91 Å². The molecule has 0 aromatic heterocycles. The summed E-state index contributed by atoms with van der Waals surface area (Å²) in [5, 5.41) is 63.1. The van der Waals surface area contributed by atoms with Gasteiger partial charge in [-0.05, 0) is 31.6 Å². The number of hydrogen-bond donors (Lipinski definition) is 7. The van der Waals surface area contributed by atoms with Crippen LogP contribution in [-0.2, 0) is 19.2 Å². The third-order valence-corrected chi connectivity index (χ3v) is 23.1. The monoisotopic (exact) mass is 903 g/mol. The van der Waals surface area contributed by atoms with Crippen LogP contribution in [0.25, 0.3) is 5.76 Å². The number of aromatic hydroxyl groups is 1. The second-order valence-electron chi connectivity index (χ2n) is 18.2. The van der Waals surface area contributed by atoms with Gasteiger partial charge in [-0.2, -0.15) is 0 Å². The van der Waals surface area contributed by atoms with Gasteiger partial charge in [-0.25, -0.2) is 0 Å². The summed E-state index contributed by atoms with van der Waals surface area (Å²) in [6.07, 6.45) is 8.53. The molecule has 6 rings (SSSR count). The van der Waals surface area contributed by atoms with Crippen LogP contribution in [-0.4, -0.2) is 97.5 Å². The minimum atomic E-state index is -3.01. The van der Waals surface area contributed by atoms with Crippen LogP contribution in [0.15, 0.2) is 89.7 Å². The van der Waals surface area contributed by atoms with Gasteiger partial charge < -0.3 is 36.6 Å². The number of phenols is 1. The number of benzene rings is 3. The molecule has 0 aliphatic heterocycles. The number of fused-ring (bicyclic) bond motifs is 3. The van der Waals surface area contributed by atoms with E-state index >= 15 is 0 Å². The maximum absolute atomic E-state index is 14.3. The van der Waals surface area contributed by atoms with Crippen molar-refractivity contribution < 1.29 is 44.7 Å². The number of carbonyl (C=O) groups is 4. The molecular weight excluding hydrogens is 841 g/mol. The second-order valence-corrected chi connectivity index (χ2v) is 25.5. The Kier molecular flexibility index (Phi) is 14.3. The standard InChI is InChI=1S/C49H63ClN3O9P/c1-29(2)63(50,31-21-15-13-16-22-31,32-23-17-14-18-24-32)28-20-12-10-8-6-7-9-11-19-25-35(54)52-34-27-26-33-30(3)36-38(43(56)37(33)42(34)55)46(59)49(62)40(44(36)57)41(53(4)5)45(58)39(47(49)60)48(51)61/h13-18,21-24,26-27,29-30,36,40-41,44,55-57,60,62H,6-12,19-20,25,28H2,1-5H3,(H2,51,61)(H,52,54)/t30-,36+,40+,41-,44-,49-/m0/s1. The molecule has 3 aromatic carbocycles. The number of carbonyl (C=O) groups excluding carboxylic acids is 4. The Balaban J connectivity index is 1.02. The van der Waals surface area contributed by atoms with Gasteiger partial charge >= 0.3 is 184 Å². The van der Waals surface area contributed by atoms with E-state index in [1.54, 1.807) is 13.0 Å². The Bertz CT molecular complexity index is 2260. The zero-order valence-corrected chi connectivity index (χ0v) is 38.5. The van der Waals surface area contributed by atoms with Crippen molar-refractivity contribution >= 4 is 62.6 Å². The SMILES string of the molecule is CC(C)P(Cl)(CCCCCCCCCCCC(=O)Nc1ccc2c(c1O)C(O)=C1C(=O)[C@]3(O)C(O)=C(C(N)=O)C(=O)[C@@H](N(C)C)[C@@H]3[C@@H](O)[C@@H]1[C@H]2C)(c1ccccc1)c1ccccc1. The molecule has 340 valence electrons. The van der Waals surface area contributed by atoms with E-state index in [2.05, 4.69) is 67.7 Å². The molecule has 0 heterocycles. The van der Waals surface area contributed by atoms with E-state index in [4.69, 9.17) is 17.0 Å². The summed E-state index contributed by atoms with van der Waals surface area (Å²) in [6, 6.07) is 22.9. The molecule has 0 radical (unpaired) electrons. The van der Waals surface area contributed by atoms with Gasteiger partial charge in [-0.1, -0.05) is 13.0 Å². The van der Waals surface area contributed by atoms with Gasteiger partial charge in [-0.3, -0.25) is 24.1 Å². The van der Waals surface area contributed by atoms with Crippen molar-refractivity contribution in [3.05, 3.63) is 101 Å². The first kappa shape index (κ1) is 47.9. The molecule has 1 fully saturated rings. The molecule has 0 unspecified atom stereocenters. The molecule has 1 saturated carbocycles. The van der Waals surface area contributed by atoms with E-state index in [1.165, 1.54) is 35.7 Å². The van der Waals surface area contributed by atoms with Crippen LogP contribution in [0.5, 0.6) is 5.75 Å². The molecule has 0 spiro atoms. The number of nitrogens with zero attached hydrogens (tertiary/aromatic N) is 1. The van der Waals surface area contributed by atoms with Crippen molar-refractivity contribution in [2.45, 2.75) is 114 Å². The third-order valence-electron chi connectivity index (χ3n) is 14.1. The van der Waals surface area contributed by atoms with E-state index in [9.17, 15) is 44.7 Å². The first-order valence-corrected chi connectivity index (χ1v) is 25.6. The third kappa shape index (κ3) is 8.23. The zero-order chi connectivity index (χ0) is 46.0. The van der Waals surface area contributed by atoms with E-state index in [-0.39, 0.29) is 23.6 Å². The Hall–Kier alpha value is -4.58. The number of Topliss-reactive ketones (excluding diaryl/α,β-unsaturated/α-hetero) is 2. The summed E-state index contributed by atoms with van der Waals surface area (Å²) in [5.41, 5.74) is 1.38. The van der Waals surface area contributed by atoms with Crippen molar-refractivity contribution in [2.24, 2.45) is 17.6 Å². The molecule has 14 heteroatoms. The van der Waals surface area contributed by atoms with Crippen LogP contribution in [0, 0.1) is 11.8 Å². The molecule has 3 aromatic rings. The average molecular weight is 904 g/mol. The molecule has 63 heavy (non-hydrogen) atoms. The number of aliphatic hydroxyl groups excluding tert-OH is 3. The van der Waals surface area contributed by atoms with Gasteiger partial charge in [0.15, 0.2) is 11.4 Å². The molecular formula is C49H63ClN3O9P. The zero-order valence-electron chi connectivity index (χ0n) is 36.9. The Labute approximate surface area is 374 Å². The number of hydrogen-bond acceptors (Lipinski definition) is 10. The topological polar surface area (TPSA) is 211 Å². The first-order valence-electron chi connectivity index (χ1n) is 22.2. The number of nitrogens with one attached hydrogen (secondary N) is 1. The summed E-state index contributed by atoms with van der Waals surface area (Å²) in [6.45, 7) is 6.18. The first-order chi connectivity index (χ1) is 29.8. The number of unbranched alkanes of at least 4 members (excludes halogenated alkanes) is 8. The Morgan fingerprint density at radius 1 is 0.841 bits per heavy atom. The number of aliphatic hydroxyl groups is 4. The van der Waals surface area contributed by atoms with Crippen molar-refractivity contribution in [1.29, 1.82) is 0 Å². The van der Waals surface area contributed by atoms with Gasteiger partial charge in [-0.15, -0.1) is 0 Å². The normalized spacial score (nSPS) is 24.2. The summed E-state index contributed by atoms with van der Waals surface area (Å²) >= 11 is 8.02. The minimum absolute atomic E-state index is 0.00703. The second kappa shape index (κ2) is 18.9. The molecule has 6 atom stereocenters. The molecule has 8 N–H and O–H groups in total. The van der Waals surface area contributed by atoms with Gasteiger partial charge in [0, 0.05) is 11.5 Å². The van der Waals surface area contributed by atoms with Crippen molar-refractivity contribution in [1.82, 2.24) is 4.90 Å². The van der Waals surface area contributed by atoms with Crippen molar-refractivity contribution in [3.63, 3.8) is 0 Å². The van der Waals surface area contributed by atoms with Crippen molar-refractivity contribution in [3.8, 4) is 5.75 Å². The number of likely N-dealkylation sites (N-methyl/N-ethyl adjacent to an activating group) is 1. The van der Waals surface area contributed by atoms with Crippen LogP contribution in [0.4, 0.5) is 5.69 Å². The quantitative estimate of drug-likeness (QED) is 0.0298. The molecule has 0 saturated heterocycles. The van der Waals surface area contributed by atoms with Crippen LogP contribution < -0.4 is 21.7 Å². The number of amides is 2. The van der Waals surface area contributed by atoms with E-state index in [0.717, 1.165) is 57.5 Å². The number of nitrogens with two attached hydrogens (primary N) is 1. The average Bonchev–Trinajstić information content (AvgIpc) is 3.25. The summed E-state index contributed by atoms with van der Waals surface area (Å²) in [5.74, 6) is -13.1. The summed E-state index contributed by atoms with van der Waals surface area (Å²) in [7, 11) is 2.91. The number of halogens is 1. The number of primary amides is 1. The van der Waals surface area contributed by atoms with Gasteiger partial charge in [0.2, 0.25) is 5.78 Å². The van der Waals surface area contributed by atoms with Gasteiger partial charge in [0.05, 0.1) is 29.3 Å². The number of rotatable bonds is 18. The fourth-order valence-electron chi connectivity index (χ4n) is 10.6. The predicted molar refractivity (Wildman–Crippen MR) is 250 cm³/mol. The number of anilines is 1. The molecule has 12 nitrogen and oxygen atoms in total. The Morgan fingerprint density at radius 2 is 1.37 bits per heavy atom. The fraction of sp³-hybridized carbons (Fsp3) is 0.469. The molecule has 3 aliphatic carbocycles. The van der Waals surface area contributed by atoms with Crippen LogP contribution in [0.3, 0.4) is 0 Å². The summed E-state index contributed by atoms with van der Waals surface area (Å²) < 4.78 is 0. The Morgan fingerprint density at radius 3 is 1.87 bits per heavy atom. The van der Waals surface area contributed by atoms with Crippen molar-refractivity contribution in [2.75, 3.05) is 25.6 Å². The van der Waals surface area contributed by atoms with E-state index < -0.39 is 87.3 Å². The van der Waals surface area contributed by atoms with Crippen LogP contribution in [0.2, 0.25) is 0 Å². The molecule has 0 bridgehead atoms. The molecule has 3 aliphatic rings. The predicted octanol–water partition coefficient (Wildman–Crippen LogP) is 7.10. The van der Waals surface area contributed by atoms with Crippen LogP contribution >= 0.6 is 17.2 Å². The molecule has 2 amide bonds. The van der Waals surface area contributed by atoms with E-state index in [0.29, 0.717) is 17.6 Å². The summed E-state index contributed by atoms with van der Waals surface area (Å²) in [4.78, 5) is 54.3. The number of phenolic OH excluding ortho intramolecular Hbond substituents is 1. The van der Waals surface area contributed by atoms with Crippen LogP contribution in [0.1, 0.15) is 102 Å². The number of ketones is 2. The maximum atomic E-state index is 14.3. The fourth-order valence-corrected chi connectivity index (χ4v) is 16.7.